The zero-order valence-corrected chi connectivity index (χ0v) is 15.7. The number of benzene rings is 2. The second-order valence-corrected chi connectivity index (χ2v) is 7.00. The Hall–Kier alpha value is -2.61. The van der Waals surface area contributed by atoms with Crippen LogP contribution in [-0.2, 0) is 17.9 Å². The number of likely N-dealkylation sites (tertiary alicyclic amines) is 1. The molecule has 0 bridgehead atoms. The molecule has 0 radical (unpaired) electrons. The van der Waals surface area contributed by atoms with Crippen molar-refractivity contribution in [2.24, 2.45) is 0 Å². The van der Waals surface area contributed by atoms with E-state index in [4.69, 9.17) is 0 Å². The van der Waals surface area contributed by atoms with Gasteiger partial charge in [0.2, 0.25) is 5.91 Å². The summed E-state index contributed by atoms with van der Waals surface area (Å²) in [6, 6.07) is 12.0. The Balaban J connectivity index is 1.52. The second-order valence-electron chi connectivity index (χ2n) is 7.00. The predicted molar refractivity (Wildman–Crippen MR) is 99.4 cm³/mol. The summed E-state index contributed by atoms with van der Waals surface area (Å²) < 4.78 is 54.1. The van der Waals surface area contributed by atoms with Gasteiger partial charge in [-0.3, -0.25) is 4.79 Å². The first kappa shape index (κ1) is 21.1. The van der Waals surface area contributed by atoms with E-state index in [1.807, 2.05) is 0 Å². The first-order chi connectivity index (χ1) is 13.8. The molecule has 4 nitrogen and oxygen atoms in total. The first-order valence-corrected chi connectivity index (χ1v) is 9.39. The number of nitrogens with one attached hydrogen (secondary N) is 1. The Morgan fingerprint density at radius 1 is 1.10 bits per heavy atom. The number of ether oxygens (including phenoxy) is 1. The molecule has 0 spiro atoms. The lowest BCUT2D eigenvalue weighted by Crippen LogP contribution is -2.34. The average molecular weight is 410 g/mol. The van der Waals surface area contributed by atoms with Crippen LogP contribution in [0, 0.1) is 5.82 Å². The van der Waals surface area contributed by atoms with Gasteiger partial charge < -0.3 is 15.0 Å². The van der Waals surface area contributed by atoms with Crippen LogP contribution in [-0.4, -0.2) is 29.8 Å². The first-order valence-electron chi connectivity index (χ1n) is 9.39. The topological polar surface area (TPSA) is 41.6 Å². The van der Waals surface area contributed by atoms with Crippen LogP contribution in [0.15, 0.2) is 48.5 Å². The van der Waals surface area contributed by atoms with E-state index in [-0.39, 0.29) is 30.1 Å². The molecule has 0 aliphatic carbocycles. The van der Waals surface area contributed by atoms with Crippen molar-refractivity contribution in [1.29, 1.82) is 0 Å². The normalized spacial score (nSPS) is 17.0. The summed E-state index contributed by atoms with van der Waals surface area (Å²) in [5, 5.41) is 3.28. The molecule has 1 heterocycles. The van der Waals surface area contributed by atoms with E-state index in [0.29, 0.717) is 25.1 Å². The minimum Gasteiger partial charge on any atom is -0.406 e. The second kappa shape index (κ2) is 9.26. The van der Waals surface area contributed by atoms with E-state index in [1.165, 1.54) is 30.3 Å². The van der Waals surface area contributed by atoms with Crippen LogP contribution in [0.5, 0.6) is 5.75 Å². The largest absolute Gasteiger partial charge is 0.573 e. The highest BCUT2D eigenvalue weighted by atomic mass is 19.4. The predicted octanol–water partition coefficient (Wildman–Crippen LogP) is 4.40. The van der Waals surface area contributed by atoms with Crippen LogP contribution in [0.3, 0.4) is 0 Å². The molecule has 1 atom stereocenters. The third kappa shape index (κ3) is 6.45. The molecule has 156 valence electrons. The number of alkyl halides is 3. The van der Waals surface area contributed by atoms with Crippen LogP contribution < -0.4 is 10.1 Å². The van der Waals surface area contributed by atoms with Crippen LogP contribution in [0.1, 0.15) is 30.4 Å². The zero-order valence-electron chi connectivity index (χ0n) is 15.7. The van der Waals surface area contributed by atoms with E-state index in [0.717, 1.165) is 18.4 Å². The lowest BCUT2D eigenvalue weighted by Gasteiger charge is -2.25. The molecule has 1 amide bonds. The van der Waals surface area contributed by atoms with Crippen molar-refractivity contribution < 1.29 is 27.1 Å². The molecule has 0 aromatic heterocycles. The minimum absolute atomic E-state index is 0.00400. The third-order valence-corrected chi connectivity index (χ3v) is 4.83. The van der Waals surface area contributed by atoms with Gasteiger partial charge in [0, 0.05) is 25.6 Å². The number of hydrogen-bond donors (Lipinski definition) is 1. The molecule has 1 saturated heterocycles. The van der Waals surface area contributed by atoms with Crippen molar-refractivity contribution >= 4 is 5.91 Å². The third-order valence-electron chi connectivity index (χ3n) is 4.83. The molecule has 2 aromatic carbocycles. The summed E-state index contributed by atoms with van der Waals surface area (Å²) in [5.41, 5.74) is 1.55. The fourth-order valence-electron chi connectivity index (χ4n) is 3.45. The minimum atomic E-state index is -4.75. The number of hydrogen-bond acceptors (Lipinski definition) is 3. The average Bonchev–Trinajstić information content (AvgIpc) is 2.99. The number of amides is 1. The quantitative estimate of drug-likeness (QED) is 0.518. The maximum Gasteiger partial charge on any atom is 0.573 e. The van der Waals surface area contributed by atoms with Crippen LogP contribution >= 0.6 is 0 Å². The molecule has 1 aliphatic heterocycles. The van der Waals surface area contributed by atoms with Gasteiger partial charge in [-0.2, -0.15) is 0 Å². The molecule has 3 rings (SSSR count). The van der Waals surface area contributed by atoms with Crippen molar-refractivity contribution in [2.45, 2.75) is 44.8 Å². The van der Waals surface area contributed by atoms with E-state index in [9.17, 15) is 22.4 Å². The van der Waals surface area contributed by atoms with Crippen LogP contribution in [0.25, 0.3) is 0 Å². The highest BCUT2D eigenvalue weighted by molar-refractivity contribution is 5.78. The SMILES string of the molecule is O=C1CC[C@H](CCNCc2ccc(F)cc2)N1Cc1cccc(OC(F)(F)F)c1. The van der Waals surface area contributed by atoms with Crippen molar-refractivity contribution in [2.75, 3.05) is 6.54 Å². The Kier molecular flexibility index (Phi) is 6.74. The molecule has 29 heavy (non-hydrogen) atoms. The summed E-state index contributed by atoms with van der Waals surface area (Å²) >= 11 is 0. The fraction of sp³-hybridized carbons (Fsp3) is 0.381. The summed E-state index contributed by atoms with van der Waals surface area (Å²) in [7, 11) is 0. The lowest BCUT2D eigenvalue weighted by molar-refractivity contribution is -0.274. The summed E-state index contributed by atoms with van der Waals surface area (Å²) in [6.45, 7) is 1.51. The van der Waals surface area contributed by atoms with Crippen molar-refractivity contribution in [3.05, 3.63) is 65.5 Å². The molecule has 1 fully saturated rings. The Labute approximate surface area is 166 Å². The molecule has 1 N–H and O–H groups in total. The number of rotatable bonds is 8. The molecule has 0 unspecified atom stereocenters. The fourth-order valence-corrected chi connectivity index (χ4v) is 3.45. The maximum atomic E-state index is 12.9. The van der Waals surface area contributed by atoms with Gasteiger partial charge >= 0.3 is 6.36 Å². The Bertz CT molecular complexity index is 824. The molecular weight excluding hydrogens is 388 g/mol. The number of carbonyl (C=O) groups excluding carboxylic acids is 1. The highest BCUT2D eigenvalue weighted by Gasteiger charge is 2.32. The van der Waals surface area contributed by atoms with Gasteiger partial charge in [0.1, 0.15) is 11.6 Å². The number of halogens is 4. The highest BCUT2D eigenvalue weighted by Crippen LogP contribution is 2.27. The van der Waals surface area contributed by atoms with Crippen LogP contribution in [0.2, 0.25) is 0 Å². The summed E-state index contributed by atoms with van der Waals surface area (Å²) in [4.78, 5) is 14.0. The molecular formula is C21H22F4N2O2. The molecule has 8 heteroatoms. The van der Waals surface area contributed by atoms with E-state index in [2.05, 4.69) is 10.1 Å². The van der Waals surface area contributed by atoms with Gasteiger partial charge in [-0.05, 0) is 54.8 Å². The maximum absolute atomic E-state index is 12.9. The summed E-state index contributed by atoms with van der Waals surface area (Å²) in [6.07, 6.45) is -2.87. The van der Waals surface area contributed by atoms with Crippen molar-refractivity contribution in [3.8, 4) is 5.75 Å². The molecule has 1 aliphatic rings. The monoisotopic (exact) mass is 410 g/mol. The van der Waals surface area contributed by atoms with Gasteiger partial charge in [0.05, 0.1) is 0 Å². The van der Waals surface area contributed by atoms with Gasteiger partial charge in [0.25, 0.3) is 0 Å². The Morgan fingerprint density at radius 3 is 2.59 bits per heavy atom. The van der Waals surface area contributed by atoms with Crippen molar-refractivity contribution in [1.82, 2.24) is 10.2 Å². The molecule has 2 aromatic rings. The van der Waals surface area contributed by atoms with Gasteiger partial charge in [-0.25, -0.2) is 4.39 Å². The molecule has 0 saturated carbocycles. The summed E-state index contributed by atoms with van der Waals surface area (Å²) in [5.74, 6) is -0.576. The number of nitrogens with zero attached hydrogens (tertiary/aromatic N) is 1. The number of carbonyl (C=O) groups is 1. The van der Waals surface area contributed by atoms with Gasteiger partial charge in [-0.15, -0.1) is 13.2 Å². The van der Waals surface area contributed by atoms with E-state index < -0.39 is 6.36 Å². The van der Waals surface area contributed by atoms with Crippen LogP contribution in [0.4, 0.5) is 17.6 Å². The smallest absolute Gasteiger partial charge is 0.406 e. The standard InChI is InChI=1S/C21H22F4N2O2/c22-17-6-4-15(5-7-17)13-26-11-10-18-8-9-20(28)27(18)14-16-2-1-3-19(12-16)29-21(23,24)25/h1-7,12,18,26H,8-11,13-14H2/t18-/m1/s1. The Morgan fingerprint density at radius 2 is 1.86 bits per heavy atom. The lowest BCUT2D eigenvalue weighted by atomic mass is 10.1. The van der Waals surface area contributed by atoms with Crippen molar-refractivity contribution in [3.63, 3.8) is 0 Å². The zero-order chi connectivity index (χ0) is 20.9. The van der Waals surface area contributed by atoms with E-state index >= 15 is 0 Å². The van der Waals surface area contributed by atoms with Gasteiger partial charge in [0.15, 0.2) is 0 Å². The van der Waals surface area contributed by atoms with Gasteiger partial charge in [-0.1, -0.05) is 24.3 Å². The van der Waals surface area contributed by atoms with E-state index in [1.54, 1.807) is 23.1 Å².